The van der Waals surface area contributed by atoms with Crippen LogP contribution in [0, 0.1) is 11.6 Å². The summed E-state index contributed by atoms with van der Waals surface area (Å²) in [6, 6.07) is 16.4. The normalized spacial score (nSPS) is 15.5. The van der Waals surface area contributed by atoms with Crippen LogP contribution in [-0.2, 0) is 4.79 Å². The first-order valence-corrected chi connectivity index (χ1v) is 10.4. The number of benzodiazepines with no additional fused rings is 1. The number of nitrogens with one attached hydrogen (secondary N) is 2. The first-order chi connectivity index (χ1) is 15.3. The number of carbonyl (C=O) groups is 2. The summed E-state index contributed by atoms with van der Waals surface area (Å²) in [6.45, 7) is 0. The standard InChI is InChI=1S/C23H17BrF2N4O2/c1-30-19-9-5-3-7-15(19)20(14-6-2-4-8-17(14)25)28-21(22(30)31)29-23(32)27-13-10-11-16(24)18(26)12-13/h2-12,21H,1H3,(H2,27,29,32). The summed E-state index contributed by atoms with van der Waals surface area (Å²) in [7, 11) is 1.55. The van der Waals surface area contributed by atoms with Crippen molar-refractivity contribution in [3.05, 3.63) is 94.0 Å². The highest BCUT2D eigenvalue weighted by molar-refractivity contribution is 9.10. The Labute approximate surface area is 191 Å². The van der Waals surface area contributed by atoms with E-state index in [-0.39, 0.29) is 21.4 Å². The summed E-state index contributed by atoms with van der Waals surface area (Å²) in [4.78, 5) is 31.4. The Bertz CT molecular complexity index is 1250. The van der Waals surface area contributed by atoms with E-state index in [1.54, 1.807) is 49.5 Å². The van der Waals surface area contributed by atoms with Gasteiger partial charge in [0.25, 0.3) is 5.91 Å². The number of halogens is 3. The number of hydrogen-bond donors (Lipinski definition) is 2. The highest BCUT2D eigenvalue weighted by atomic mass is 79.9. The summed E-state index contributed by atoms with van der Waals surface area (Å²) in [5.41, 5.74) is 1.70. The molecule has 0 aliphatic carbocycles. The first kappa shape index (κ1) is 21.6. The average Bonchev–Trinajstić information content (AvgIpc) is 2.87. The summed E-state index contributed by atoms with van der Waals surface area (Å²) in [5, 5.41) is 4.97. The molecule has 9 heteroatoms. The van der Waals surface area contributed by atoms with E-state index in [2.05, 4.69) is 31.6 Å². The minimum Gasteiger partial charge on any atom is -0.311 e. The van der Waals surface area contributed by atoms with Gasteiger partial charge in [-0.25, -0.2) is 18.6 Å². The zero-order chi connectivity index (χ0) is 22.8. The Morgan fingerprint density at radius 3 is 2.41 bits per heavy atom. The number of anilines is 2. The van der Waals surface area contributed by atoms with Crippen molar-refractivity contribution in [3.63, 3.8) is 0 Å². The zero-order valence-electron chi connectivity index (χ0n) is 16.8. The Kier molecular flexibility index (Phi) is 6.00. The van der Waals surface area contributed by atoms with Crippen molar-refractivity contribution in [1.29, 1.82) is 0 Å². The fourth-order valence-corrected chi connectivity index (χ4v) is 3.60. The minimum atomic E-state index is -1.33. The lowest BCUT2D eigenvalue weighted by molar-refractivity contribution is -0.119. The summed E-state index contributed by atoms with van der Waals surface area (Å²) < 4.78 is 28.6. The Morgan fingerprint density at radius 2 is 1.69 bits per heavy atom. The molecule has 1 heterocycles. The van der Waals surface area contributed by atoms with Crippen LogP contribution < -0.4 is 15.5 Å². The largest absolute Gasteiger partial charge is 0.321 e. The molecular weight excluding hydrogens is 482 g/mol. The van der Waals surface area contributed by atoms with Crippen molar-refractivity contribution in [2.75, 3.05) is 17.3 Å². The molecular formula is C23H17BrF2N4O2. The fraction of sp³-hybridized carbons (Fsp3) is 0.0870. The molecule has 0 aromatic heterocycles. The molecule has 0 fully saturated rings. The number of urea groups is 1. The van der Waals surface area contributed by atoms with Gasteiger partial charge in [0.05, 0.1) is 15.9 Å². The molecule has 1 aliphatic heterocycles. The third-order valence-corrected chi connectivity index (χ3v) is 5.56. The second kappa shape index (κ2) is 8.88. The van der Waals surface area contributed by atoms with Crippen molar-refractivity contribution in [1.82, 2.24) is 5.32 Å². The van der Waals surface area contributed by atoms with E-state index in [0.717, 1.165) is 6.07 Å². The van der Waals surface area contributed by atoms with E-state index in [1.165, 1.54) is 23.1 Å². The molecule has 0 saturated carbocycles. The predicted octanol–water partition coefficient (Wildman–Crippen LogP) is 4.69. The second-order valence-electron chi connectivity index (χ2n) is 7.00. The third kappa shape index (κ3) is 4.24. The average molecular weight is 499 g/mol. The Morgan fingerprint density at radius 1 is 1.00 bits per heavy atom. The molecule has 0 bridgehead atoms. The third-order valence-electron chi connectivity index (χ3n) is 4.92. The maximum atomic E-state index is 14.6. The van der Waals surface area contributed by atoms with Gasteiger partial charge < -0.3 is 15.5 Å². The number of rotatable bonds is 3. The maximum Gasteiger partial charge on any atom is 0.321 e. The van der Waals surface area contributed by atoms with Gasteiger partial charge in [-0.05, 0) is 52.3 Å². The topological polar surface area (TPSA) is 73.8 Å². The first-order valence-electron chi connectivity index (χ1n) is 9.57. The van der Waals surface area contributed by atoms with Gasteiger partial charge in [0, 0.05) is 23.9 Å². The zero-order valence-corrected chi connectivity index (χ0v) is 18.4. The SMILES string of the molecule is CN1C(=O)C(NC(=O)Nc2ccc(Br)c(F)c2)N=C(c2ccccc2F)c2ccccc21. The lowest BCUT2D eigenvalue weighted by Crippen LogP contribution is -2.47. The second-order valence-corrected chi connectivity index (χ2v) is 7.86. The molecule has 162 valence electrons. The van der Waals surface area contributed by atoms with E-state index in [4.69, 9.17) is 0 Å². The van der Waals surface area contributed by atoms with Gasteiger partial charge in [0.2, 0.25) is 6.17 Å². The fourth-order valence-electron chi connectivity index (χ4n) is 3.35. The Balaban J connectivity index is 1.70. The minimum absolute atomic E-state index is 0.194. The number of nitrogens with zero attached hydrogens (tertiary/aromatic N) is 2. The number of hydrogen-bond acceptors (Lipinski definition) is 3. The van der Waals surface area contributed by atoms with Crippen molar-refractivity contribution >= 4 is 45.0 Å². The molecule has 2 N–H and O–H groups in total. The van der Waals surface area contributed by atoms with Crippen molar-refractivity contribution in [3.8, 4) is 0 Å². The molecule has 1 atom stereocenters. The van der Waals surface area contributed by atoms with Crippen molar-refractivity contribution in [2.45, 2.75) is 6.17 Å². The molecule has 1 unspecified atom stereocenters. The number of benzene rings is 3. The van der Waals surface area contributed by atoms with Crippen LogP contribution >= 0.6 is 15.9 Å². The monoisotopic (exact) mass is 498 g/mol. The van der Waals surface area contributed by atoms with Crippen LogP contribution in [0.15, 0.2) is 76.2 Å². The summed E-state index contributed by atoms with van der Waals surface area (Å²) in [5.74, 6) is -1.57. The lowest BCUT2D eigenvalue weighted by Gasteiger charge is -2.21. The number of aliphatic imine (C=N–C) groups is 1. The van der Waals surface area contributed by atoms with Gasteiger partial charge in [-0.1, -0.05) is 30.3 Å². The molecule has 32 heavy (non-hydrogen) atoms. The molecule has 4 rings (SSSR count). The van der Waals surface area contributed by atoms with E-state index in [0.29, 0.717) is 11.3 Å². The van der Waals surface area contributed by atoms with Gasteiger partial charge in [-0.2, -0.15) is 0 Å². The van der Waals surface area contributed by atoms with Gasteiger partial charge in [-0.3, -0.25) is 4.79 Å². The summed E-state index contributed by atoms with van der Waals surface area (Å²) >= 11 is 3.05. The molecule has 6 nitrogen and oxygen atoms in total. The van der Waals surface area contributed by atoms with Gasteiger partial charge in [0.15, 0.2) is 0 Å². The van der Waals surface area contributed by atoms with Gasteiger partial charge in [0.1, 0.15) is 11.6 Å². The highest BCUT2D eigenvalue weighted by Gasteiger charge is 2.31. The van der Waals surface area contributed by atoms with E-state index >= 15 is 0 Å². The Hall–Kier alpha value is -3.59. The lowest BCUT2D eigenvalue weighted by atomic mass is 10.00. The van der Waals surface area contributed by atoms with Crippen LogP contribution in [0.25, 0.3) is 0 Å². The number of likely N-dealkylation sites (N-methyl/N-ethyl adjacent to an activating group) is 1. The van der Waals surface area contributed by atoms with Gasteiger partial charge >= 0.3 is 6.03 Å². The van der Waals surface area contributed by atoms with Crippen molar-refractivity contribution in [2.24, 2.45) is 4.99 Å². The molecule has 1 aliphatic rings. The van der Waals surface area contributed by atoms with Crippen LogP contribution in [0.4, 0.5) is 25.0 Å². The van der Waals surface area contributed by atoms with Crippen LogP contribution in [0.1, 0.15) is 11.1 Å². The predicted molar refractivity (Wildman–Crippen MR) is 122 cm³/mol. The van der Waals surface area contributed by atoms with Crippen LogP contribution in [-0.4, -0.2) is 30.9 Å². The molecule has 0 spiro atoms. The molecule has 0 saturated heterocycles. The van der Waals surface area contributed by atoms with Crippen LogP contribution in [0.3, 0.4) is 0 Å². The quantitative estimate of drug-likeness (QED) is 0.549. The molecule has 3 amide bonds. The number of para-hydroxylation sites is 1. The maximum absolute atomic E-state index is 14.6. The van der Waals surface area contributed by atoms with Crippen LogP contribution in [0.5, 0.6) is 0 Å². The van der Waals surface area contributed by atoms with E-state index in [1.807, 2.05) is 0 Å². The smallest absolute Gasteiger partial charge is 0.311 e. The van der Waals surface area contributed by atoms with E-state index < -0.39 is 29.7 Å². The van der Waals surface area contributed by atoms with Gasteiger partial charge in [-0.15, -0.1) is 0 Å². The number of carbonyl (C=O) groups excluding carboxylic acids is 2. The highest BCUT2D eigenvalue weighted by Crippen LogP contribution is 2.28. The number of amides is 3. The van der Waals surface area contributed by atoms with E-state index in [9.17, 15) is 18.4 Å². The van der Waals surface area contributed by atoms with Crippen molar-refractivity contribution < 1.29 is 18.4 Å². The van der Waals surface area contributed by atoms with Crippen LogP contribution in [0.2, 0.25) is 0 Å². The summed E-state index contributed by atoms with van der Waals surface area (Å²) in [6.07, 6.45) is -1.33. The number of fused-ring (bicyclic) bond motifs is 1. The molecule has 3 aromatic rings. The molecule has 3 aromatic carbocycles. The molecule has 0 radical (unpaired) electrons.